The minimum atomic E-state index is -1.18. The standard InChI is InChI=1S/C23H24ClFN6O6S/c1-4-7-27-20(33)28(12-18(32)37-13(2)3)22(35)31(21(27)34)17-11-16(15(25)10-14(17)24)26-19-29-8-5-6-9-30(29)23(36)38-19/h4,10-11,13H,1,5-9,12H2,2-3H3. The van der Waals surface area contributed by atoms with Crippen LogP contribution in [0.4, 0.5) is 10.1 Å². The van der Waals surface area contributed by atoms with Gasteiger partial charge >= 0.3 is 27.9 Å². The molecule has 2 aromatic heterocycles. The third-order valence-corrected chi connectivity index (χ3v) is 6.81. The number of hydrogen-bond donors (Lipinski definition) is 0. The second-order valence-electron chi connectivity index (χ2n) is 8.68. The Bertz CT molecular complexity index is 1740. The summed E-state index contributed by atoms with van der Waals surface area (Å²) in [4.78, 5) is 68.3. The van der Waals surface area contributed by atoms with Gasteiger partial charge in [-0.25, -0.2) is 42.1 Å². The van der Waals surface area contributed by atoms with Crippen molar-refractivity contribution in [3.8, 4) is 5.69 Å². The summed E-state index contributed by atoms with van der Waals surface area (Å²) in [6.07, 6.45) is 2.40. The smallest absolute Gasteiger partial charge is 0.341 e. The molecule has 0 saturated carbocycles. The molecule has 12 nitrogen and oxygen atoms in total. The molecule has 1 aromatic carbocycles. The van der Waals surface area contributed by atoms with Gasteiger partial charge in [0.2, 0.25) is 4.80 Å². The Hall–Kier alpha value is -3.78. The minimum Gasteiger partial charge on any atom is -0.462 e. The number of esters is 1. The predicted molar refractivity (Wildman–Crippen MR) is 138 cm³/mol. The maximum absolute atomic E-state index is 14.9. The highest BCUT2D eigenvalue weighted by Crippen LogP contribution is 2.27. The van der Waals surface area contributed by atoms with E-state index in [0.717, 1.165) is 36.3 Å². The average molecular weight is 567 g/mol. The Balaban J connectivity index is 1.96. The summed E-state index contributed by atoms with van der Waals surface area (Å²) < 4.78 is 24.9. The van der Waals surface area contributed by atoms with Gasteiger partial charge in [-0.3, -0.25) is 14.3 Å². The molecule has 3 heterocycles. The van der Waals surface area contributed by atoms with Gasteiger partial charge in [0.1, 0.15) is 12.2 Å². The summed E-state index contributed by atoms with van der Waals surface area (Å²) >= 11 is 7.09. The van der Waals surface area contributed by atoms with Gasteiger partial charge in [-0.1, -0.05) is 17.7 Å². The van der Waals surface area contributed by atoms with E-state index in [1.807, 2.05) is 0 Å². The molecule has 0 unspecified atom stereocenters. The van der Waals surface area contributed by atoms with Crippen LogP contribution in [0.2, 0.25) is 5.02 Å². The summed E-state index contributed by atoms with van der Waals surface area (Å²) in [5.74, 6) is -1.73. The highest BCUT2D eigenvalue weighted by Gasteiger charge is 2.22. The lowest BCUT2D eigenvalue weighted by Crippen LogP contribution is -2.54. The molecule has 3 aromatic rings. The molecule has 0 atom stereocenters. The lowest BCUT2D eigenvalue weighted by atomic mass is 10.2. The number of carbonyl (C=O) groups excluding carboxylic acids is 1. The maximum Gasteiger partial charge on any atom is 0.341 e. The first-order valence-electron chi connectivity index (χ1n) is 11.7. The monoisotopic (exact) mass is 566 g/mol. The van der Waals surface area contributed by atoms with E-state index >= 15 is 0 Å². The molecule has 202 valence electrons. The molecule has 4 rings (SSSR count). The van der Waals surface area contributed by atoms with Crippen LogP contribution < -0.4 is 26.7 Å². The van der Waals surface area contributed by atoms with E-state index in [4.69, 9.17) is 16.3 Å². The van der Waals surface area contributed by atoms with Crippen molar-refractivity contribution in [3.05, 3.63) is 81.5 Å². The topological polar surface area (TPSA) is 132 Å². The van der Waals surface area contributed by atoms with Gasteiger partial charge in [-0.15, -0.1) is 6.58 Å². The van der Waals surface area contributed by atoms with Crippen molar-refractivity contribution in [1.29, 1.82) is 0 Å². The quantitative estimate of drug-likeness (QED) is 0.311. The van der Waals surface area contributed by atoms with Crippen LogP contribution in [0, 0.1) is 5.82 Å². The number of rotatable bonds is 7. The molecule has 0 radical (unpaired) electrons. The zero-order chi connectivity index (χ0) is 27.7. The number of nitrogens with zero attached hydrogens (tertiary/aromatic N) is 6. The molecule has 0 bridgehead atoms. The lowest BCUT2D eigenvalue weighted by Gasteiger charge is -2.16. The number of ether oxygens (including phenoxy) is 1. The molecule has 0 fully saturated rings. The van der Waals surface area contributed by atoms with Crippen molar-refractivity contribution in [2.75, 3.05) is 0 Å². The van der Waals surface area contributed by atoms with Crippen molar-refractivity contribution in [1.82, 2.24) is 23.1 Å². The molecule has 0 amide bonds. The number of hydrogen-bond acceptors (Lipinski definition) is 8. The first kappa shape index (κ1) is 27.3. The van der Waals surface area contributed by atoms with Crippen LogP contribution in [0.15, 0.2) is 49.0 Å². The van der Waals surface area contributed by atoms with Crippen molar-refractivity contribution in [2.45, 2.75) is 59.0 Å². The number of halogens is 2. The van der Waals surface area contributed by atoms with Gasteiger partial charge in [0.05, 0.1) is 23.4 Å². The van der Waals surface area contributed by atoms with Crippen LogP contribution in [-0.4, -0.2) is 35.1 Å². The lowest BCUT2D eigenvalue weighted by molar-refractivity contribution is -0.148. The summed E-state index contributed by atoms with van der Waals surface area (Å²) in [6, 6.07) is 1.95. The highest BCUT2D eigenvalue weighted by molar-refractivity contribution is 7.06. The van der Waals surface area contributed by atoms with E-state index in [9.17, 15) is 28.4 Å². The number of aromatic nitrogens is 5. The Morgan fingerprint density at radius 3 is 2.45 bits per heavy atom. The molecule has 1 aliphatic heterocycles. The molecule has 0 aliphatic carbocycles. The Kier molecular flexibility index (Phi) is 7.83. The van der Waals surface area contributed by atoms with Gasteiger partial charge in [-0.05, 0) is 50.2 Å². The van der Waals surface area contributed by atoms with Crippen LogP contribution in [0.1, 0.15) is 26.7 Å². The summed E-state index contributed by atoms with van der Waals surface area (Å²) in [6.45, 7) is 6.68. The summed E-state index contributed by atoms with van der Waals surface area (Å²) in [5, 5.41) is -0.319. The van der Waals surface area contributed by atoms with Gasteiger partial charge in [-0.2, -0.15) is 0 Å². The van der Waals surface area contributed by atoms with Crippen molar-refractivity contribution >= 4 is 34.6 Å². The fraction of sp³-hybridized carbons (Fsp3) is 0.391. The average Bonchev–Trinajstić information content (AvgIpc) is 3.17. The number of allylic oxidation sites excluding steroid dienone is 1. The molecular weight excluding hydrogens is 543 g/mol. The van der Waals surface area contributed by atoms with E-state index in [1.54, 1.807) is 18.5 Å². The number of fused-ring (bicyclic) bond motifs is 1. The number of carbonyl (C=O) groups is 1. The van der Waals surface area contributed by atoms with E-state index in [-0.39, 0.29) is 32.6 Å². The predicted octanol–water partition coefficient (Wildman–Crippen LogP) is 1.14. The zero-order valence-corrected chi connectivity index (χ0v) is 22.1. The molecule has 38 heavy (non-hydrogen) atoms. The van der Waals surface area contributed by atoms with E-state index in [1.165, 1.54) is 10.8 Å². The third-order valence-electron chi connectivity index (χ3n) is 5.64. The SMILES string of the molecule is C=CCn1c(=O)n(CC(=O)OC(C)C)c(=O)n(-c2cc(N=c3sc(=O)n4n3CCCC4)c(F)cc2Cl)c1=O. The zero-order valence-electron chi connectivity index (χ0n) is 20.6. The molecule has 0 saturated heterocycles. The molecule has 0 N–H and O–H groups in total. The second kappa shape index (κ2) is 10.9. The Morgan fingerprint density at radius 2 is 1.79 bits per heavy atom. The molecular formula is C23H24ClFN6O6S. The van der Waals surface area contributed by atoms with Gasteiger partial charge in [0.15, 0.2) is 5.82 Å². The van der Waals surface area contributed by atoms with Crippen molar-refractivity contribution in [3.63, 3.8) is 0 Å². The van der Waals surface area contributed by atoms with Crippen LogP contribution in [0.25, 0.3) is 5.69 Å². The van der Waals surface area contributed by atoms with Crippen molar-refractivity contribution in [2.24, 2.45) is 4.99 Å². The van der Waals surface area contributed by atoms with Gasteiger partial charge < -0.3 is 4.74 Å². The fourth-order valence-electron chi connectivity index (χ4n) is 3.99. The molecule has 0 spiro atoms. The van der Waals surface area contributed by atoms with E-state index in [2.05, 4.69) is 11.6 Å². The molecule has 1 aliphatic rings. The first-order valence-corrected chi connectivity index (χ1v) is 12.8. The van der Waals surface area contributed by atoms with Crippen molar-refractivity contribution < 1.29 is 13.9 Å². The Labute approximate surface area is 222 Å². The summed E-state index contributed by atoms with van der Waals surface area (Å²) in [5.41, 5.74) is -3.86. The van der Waals surface area contributed by atoms with Crippen LogP contribution in [0.3, 0.4) is 0 Å². The fourth-order valence-corrected chi connectivity index (χ4v) is 5.12. The van der Waals surface area contributed by atoms with Crippen LogP contribution in [-0.2, 0) is 35.7 Å². The Morgan fingerprint density at radius 1 is 1.13 bits per heavy atom. The largest absolute Gasteiger partial charge is 0.462 e. The second-order valence-corrected chi connectivity index (χ2v) is 10.0. The maximum atomic E-state index is 14.9. The van der Waals surface area contributed by atoms with Crippen LogP contribution in [0.5, 0.6) is 0 Å². The minimum absolute atomic E-state index is 0.236. The normalized spacial score (nSPS) is 13.6. The highest BCUT2D eigenvalue weighted by atomic mass is 35.5. The number of benzene rings is 1. The third kappa shape index (κ3) is 5.13. The van der Waals surface area contributed by atoms with Gasteiger partial charge in [0, 0.05) is 13.1 Å². The van der Waals surface area contributed by atoms with E-state index < -0.39 is 41.5 Å². The first-order chi connectivity index (χ1) is 18.0. The van der Waals surface area contributed by atoms with Gasteiger partial charge in [0.25, 0.3) is 0 Å². The molecule has 15 heteroatoms. The summed E-state index contributed by atoms with van der Waals surface area (Å²) in [7, 11) is 0. The van der Waals surface area contributed by atoms with E-state index in [0.29, 0.717) is 26.8 Å². The van der Waals surface area contributed by atoms with Crippen LogP contribution >= 0.6 is 22.9 Å².